The van der Waals surface area contributed by atoms with E-state index < -0.39 is 0 Å². The van der Waals surface area contributed by atoms with Gasteiger partial charge >= 0.3 is 0 Å². The van der Waals surface area contributed by atoms with Crippen molar-refractivity contribution >= 4 is 0 Å². The van der Waals surface area contributed by atoms with Gasteiger partial charge in [0.15, 0.2) is 0 Å². The lowest BCUT2D eigenvalue weighted by atomic mass is 9.84. The first-order valence-corrected chi connectivity index (χ1v) is 7.78. The van der Waals surface area contributed by atoms with Gasteiger partial charge in [-0.05, 0) is 44.0 Å². The molecule has 21 heavy (non-hydrogen) atoms. The lowest BCUT2D eigenvalue weighted by Crippen LogP contribution is -2.37. The molecule has 1 aliphatic rings. The van der Waals surface area contributed by atoms with Crippen LogP contribution in [0.1, 0.15) is 50.0 Å². The van der Waals surface area contributed by atoms with Gasteiger partial charge in [0.2, 0.25) is 11.7 Å². The zero-order valence-corrected chi connectivity index (χ0v) is 12.7. The Bertz CT molecular complexity index is 593. The molecular weight excluding hydrogens is 264 g/mol. The first-order valence-electron chi connectivity index (χ1n) is 7.78. The zero-order chi connectivity index (χ0) is 14.7. The molecule has 2 aromatic rings. The van der Waals surface area contributed by atoms with Gasteiger partial charge in [-0.2, -0.15) is 4.98 Å². The molecule has 0 bridgehead atoms. The minimum absolute atomic E-state index is 0.324. The van der Waals surface area contributed by atoms with Gasteiger partial charge in [0.25, 0.3) is 0 Å². The molecule has 2 aromatic heterocycles. The Labute approximate surface area is 125 Å². The summed E-state index contributed by atoms with van der Waals surface area (Å²) >= 11 is 0. The summed E-state index contributed by atoms with van der Waals surface area (Å²) in [5, 5.41) is 7.67. The Morgan fingerprint density at radius 1 is 1.33 bits per heavy atom. The van der Waals surface area contributed by atoms with Crippen molar-refractivity contribution in [3.8, 4) is 11.5 Å². The van der Waals surface area contributed by atoms with Crippen molar-refractivity contribution < 1.29 is 4.52 Å². The summed E-state index contributed by atoms with van der Waals surface area (Å²) in [6, 6.07) is 4.40. The summed E-state index contributed by atoms with van der Waals surface area (Å²) in [5.74, 6) is 1.67. The first kappa shape index (κ1) is 14.2. The molecule has 2 heterocycles. The van der Waals surface area contributed by atoms with Crippen LogP contribution >= 0.6 is 0 Å². The Morgan fingerprint density at radius 2 is 2.19 bits per heavy atom. The summed E-state index contributed by atoms with van der Waals surface area (Å²) in [4.78, 5) is 8.92. The fourth-order valence-corrected chi connectivity index (χ4v) is 3.08. The third kappa shape index (κ3) is 3.13. The zero-order valence-electron chi connectivity index (χ0n) is 12.7. The summed E-state index contributed by atoms with van der Waals surface area (Å²) in [5.41, 5.74) is 1.93. The highest BCUT2D eigenvalue weighted by Gasteiger charge is 2.30. The van der Waals surface area contributed by atoms with Crippen LogP contribution < -0.4 is 5.32 Å². The second kappa shape index (κ2) is 6.35. The second-order valence-electron chi connectivity index (χ2n) is 5.73. The molecule has 2 unspecified atom stereocenters. The van der Waals surface area contributed by atoms with Crippen molar-refractivity contribution in [2.45, 2.75) is 51.5 Å². The van der Waals surface area contributed by atoms with Crippen molar-refractivity contribution in [1.82, 2.24) is 20.4 Å². The maximum absolute atomic E-state index is 5.53. The number of hydrogen-bond donors (Lipinski definition) is 1. The number of aryl methyl sites for hydroxylation is 1. The largest absolute Gasteiger partial charge is 0.339 e. The van der Waals surface area contributed by atoms with Gasteiger partial charge in [0, 0.05) is 12.2 Å². The van der Waals surface area contributed by atoms with E-state index in [-0.39, 0.29) is 0 Å². The van der Waals surface area contributed by atoms with E-state index >= 15 is 0 Å². The quantitative estimate of drug-likeness (QED) is 0.935. The third-order valence-corrected chi connectivity index (χ3v) is 4.14. The van der Waals surface area contributed by atoms with Gasteiger partial charge < -0.3 is 9.84 Å². The number of rotatable bonds is 4. The molecule has 112 valence electrons. The molecule has 3 rings (SSSR count). The number of nitrogens with one attached hydrogen (secondary N) is 1. The third-order valence-electron chi connectivity index (χ3n) is 4.14. The van der Waals surface area contributed by atoms with Crippen LogP contribution in [0.15, 0.2) is 22.9 Å². The number of aromatic nitrogens is 3. The lowest BCUT2D eigenvalue weighted by Gasteiger charge is -2.29. The molecule has 1 N–H and O–H groups in total. The Morgan fingerprint density at radius 3 is 3.00 bits per heavy atom. The molecule has 5 heteroatoms. The molecule has 1 saturated carbocycles. The maximum atomic E-state index is 5.53. The van der Waals surface area contributed by atoms with Crippen LogP contribution in [0, 0.1) is 6.92 Å². The fraction of sp³-hybridized carbons (Fsp3) is 0.562. The molecule has 0 radical (unpaired) electrons. The van der Waals surface area contributed by atoms with Gasteiger partial charge in [-0.25, -0.2) is 0 Å². The molecular formula is C16H22N4O. The average Bonchev–Trinajstić information content (AvgIpc) is 2.98. The van der Waals surface area contributed by atoms with E-state index in [1.807, 2.05) is 19.1 Å². The number of pyridine rings is 1. The summed E-state index contributed by atoms with van der Waals surface area (Å²) in [7, 11) is 0. The van der Waals surface area contributed by atoms with E-state index in [1.165, 1.54) is 19.3 Å². The average molecular weight is 286 g/mol. The normalized spacial score (nSPS) is 22.4. The van der Waals surface area contributed by atoms with Crippen LogP contribution in [-0.4, -0.2) is 27.7 Å². The molecule has 0 aromatic carbocycles. The standard InChI is InChI=1S/C16H22N4O/c1-3-17-13-7-5-4-6-12(13)16-19-15(20-21-16)14-10-11(2)8-9-18-14/h8-10,12-13,17H,3-7H2,1-2H3. The monoisotopic (exact) mass is 286 g/mol. The van der Waals surface area contributed by atoms with Gasteiger partial charge in [-0.1, -0.05) is 24.9 Å². The molecule has 0 amide bonds. The van der Waals surface area contributed by atoms with Crippen LogP contribution in [0.4, 0.5) is 0 Å². The predicted molar refractivity (Wildman–Crippen MR) is 80.9 cm³/mol. The van der Waals surface area contributed by atoms with Crippen molar-refractivity contribution in [3.05, 3.63) is 29.8 Å². The topological polar surface area (TPSA) is 63.8 Å². The van der Waals surface area contributed by atoms with Crippen LogP contribution in [0.25, 0.3) is 11.5 Å². The lowest BCUT2D eigenvalue weighted by molar-refractivity contribution is 0.265. The number of hydrogen-bond acceptors (Lipinski definition) is 5. The SMILES string of the molecule is CCNC1CCCCC1c1nc(-c2cc(C)ccn2)no1. The van der Waals surface area contributed by atoms with E-state index in [4.69, 9.17) is 4.52 Å². The van der Waals surface area contributed by atoms with Crippen LogP contribution in [0.5, 0.6) is 0 Å². The highest BCUT2D eigenvalue weighted by Crippen LogP contribution is 2.33. The molecule has 1 aliphatic carbocycles. The van der Waals surface area contributed by atoms with E-state index in [9.17, 15) is 0 Å². The highest BCUT2D eigenvalue weighted by molar-refractivity contribution is 5.49. The van der Waals surface area contributed by atoms with Crippen molar-refractivity contribution in [3.63, 3.8) is 0 Å². The predicted octanol–water partition coefficient (Wildman–Crippen LogP) is 3.08. The summed E-state index contributed by atoms with van der Waals surface area (Å²) in [6.07, 6.45) is 6.57. The fourth-order valence-electron chi connectivity index (χ4n) is 3.08. The van der Waals surface area contributed by atoms with Gasteiger partial charge in [0.1, 0.15) is 5.69 Å². The Hall–Kier alpha value is -1.75. The van der Waals surface area contributed by atoms with E-state index in [0.29, 0.717) is 17.8 Å². The molecule has 5 nitrogen and oxygen atoms in total. The Kier molecular flexibility index (Phi) is 4.29. The van der Waals surface area contributed by atoms with Crippen molar-refractivity contribution in [1.29, 1.82) is 0 Å². The van der Waals surface area contributed by atoms with E-state index in [2.05, 4.69) is 27.4 Å². The minimum atomic E-state index is 0.324. The van der Waals surface area contributed by atoms with Crippen LogP contribution in [0.3, 0.4) is 0 Å². The van der Waals surface area contributed by atoms with Crippen LogP contribution in [-0.2, 0) is 0 Å². The molecule has 2 atom stereocenters. The second-order valence-corrected chi connectivity index (χ2v) is 5.73. The number of likely N-dealkylation sites (N-methyl/N-ethyl adjacent to an activating group) is 1. The van der Waals surface area contributed by atoms with Gasteiger partial charge in [-0.3, -0.25) is 4.98 Å². The van der Waals surface area contributed by atoms with Gasteiger partial charge in [0.05, 0.1) is 5.92 Å². The minimum Gasteiger partial charge on any atom is -0.339 e. The van der Waals surface area contributed by atoms with Crippen molar-refractivity contribution in [2.75, 3.05) is 6.54 Å². The van der Waals surface area contributed by atoms with E-state index in [1.54, 1.807) is 6.20 Å². The summed E-state index contributed by atoms with van der Waals surface area (Å²) in [6.45, 7) is 5.15. The molecule has 1 fully saturated rings. The van der Waals surface area contributed by atoms with Crippen LogP contribution in [0.2, 0.25) is 0 Å². The van der Waals surface area contributed by atoms with Gasteiger partial charge in [-0.15, -0.1) is 0 Å². The van der Waals surface area contributed by atoms with Crippen molar-refractivity contribution in [2.24, 2.45) is 0 Å². The Balaban J connectivity index is 1.83. The smallest absolute Gasteiger partial charge is 0.231 e. The molecule has 0 aliphatic heterocycles. The molecule has 0 saturated heterocycles. The first-order chi connectivity index (χ1) is 10.3. The summed E-state index contributed by atoms with van der Waals surface area (Å²) < 4.78 is 5.53. The number of nitrogens with zero attached hydrogens (tertiary/aromatic N) is 3. The molecule has 0 spiro atoms. The van der Waals surface area contributed by atoms with E-state index in [0.717, 1.165) is 30.1 Å². The maximum Gasteiger partial charge on any atom is 0.231 e. The highest BCUT2D eigenvalue weighted by atomic mass is 16.5.